The first-order chi connectivity index (χ1) is 9.88. The Hall–Kier alpha value is -1.89. The predicted octanol–water partition coefficient (Wildman–Crippen LogP) is 0.925. The molecule has 0 bridgehead atoms. The highest BCUT2D eigenvalue weighted by Gasteiger charge is 2.60. The van der Waals surface area contributed by atoms with Crippen LogP contribution in [0.15, 0.2) is 35.3 Å². The van der Waals surface area contributed by atoms with Crippen LogP contribution in [0.5, 0.6) is 0 Å². The normalized spacial score (nSPS) is 30.9. The van der Waals surface area contributed by atoms with Crippen molar-refractivity contribution >= 4 is 21.7 Å². The molecule has 3 rings (SSSR count). The molecule has 0 radical (unpaired) electrons. The van der Waals surface area contributed by atoms with E-state index in [4.69, 9.17) is 5.73 Å². The zero-order chi connectivity index (χ0) is 15.3. The van der Waals surface area contributed by atoms with Crippen molar-refractivity contribution in [2.24, 2.45) is 10.7 Å². The Morgan fingerprint density at radius 2 is 2.05 bits per heavy atom. The van der Waals surface area contributed by atoms with Crippen LogP contribution < -0.4 is 5.73 Å². The van der Waals surface area contributed by atoms with Gasteiger partial charge in [0.25, 0.3) is 0 Å². The molecule has 112 valence electrons. The summed E-state index contributed by atoms with van der Waals surface area (Å²) in [5, 5.41) is -0.732. The van der Waals surface area contributed by atoms with Crippen LogP contribution in [-0.2, 0) is 16.4 Å². The van der Waals surface area contributed by atoms with Crippen LogP contribution in [0.4, 0.5) is 4.79 Å². The molecule has 2 aliphatic heterocycles. The maximum atomic E-state index is 12.2. The zero-order valence-corrected chi connectivity index (χ0v) is 12.5. The van der Waals surface area contributed by atoms with E-state index in [0.29, 0.717) is 13.0 Å². The van der Waals surface area contributed by atoms with Crippen molar-refractivity contribution in [3.05, 3.63) is 35.9 Å². The molecule has 2 amide bonds. The molecular weight excluding hydrogens is 290 g/mol. The average Bonchev–Trinajstić information content (AvgIpc) is 2.83. The van der Waals surface area contributed by atoms with E-state index >= 15 is 0 Å². The molecule has 0 aromatic heterocycles. The van der Waals surface area contributed by atoms with Crippen LogP contribution >= 0.6 is 0 Å². The molecule has 1 aromatic rings. The van der Waals surface area contributed by atoms with E-state index in [2.05, 4.69) is 4.99 Å². The van der Waals surface area contributed by atoms with Crippen molar-refractivity contribution in [3.8, 4) is 0 Å². The summed E-state index contributed by atoms with van der Waals surface area (Å²) in [5.41, 5.74) is 5.87. The van der Waals surface area contributed by atoms with Gasteiger partial charge in [-0.2, -0.15) is 4.99 Å². The van der Waals surface area contributed by atoms with Crippen LogP contribution in [0.3, 0.4) is 0 Å². The lowest BCUT2D eigenvalue weighted by molar-refractivity contribution is 0.166. The Labute approximate surface area is 123 Å². The Kier molecular flexibility index (Phi) is 3.05. The Morgan fingerprint density at radius 1 is 1.38 bits per heavy atom. The van der Waals surface area contributed by atoms with Crippen LogP contribution in [0.2, 0.25) is 0 Å². The number of nitrogens with zero attached hydrogens (tertiary/aromatic N) is 2. The van der Waals surface area contributed by atoms with E-state index < -0.39 is 26.7 Å². The van der Waals surface area contributed by atoms with Crippen molar-refractivity contribution in [2.75, 3.05) is 5.75 Å². The molecule has 2 atom stereocenters. The smallest absolute Gasteiger partial charge is 0.346 e. The maximum Gasteiger partial charge on any atom is 0.346 e. The highest BCUT2D eigenvalue weighted by molar-refractivity contribution is 7.92. The van der Waals surface area contributed by atoms with Gasteiger partial charge >= 0.3 is 6.03 Å². The highest BCUT2D eigenvalue weighted by Crippen LogP contribution is 2.40. The Balaban J connectivity index is 2.02. The number of urea groups is 1. The largest absolute Gasteiger partial charge is 0.385 e. The maximum absolute atomic E-state index is 12.2. The molecule has 7 heteroatoms. The van der Waals surface area contributed by atoms with Gasteiger partial charge in [-0.3, -0.25) is 0 Å². The van der Waals surface area contributed by atoms with Crippen LogP contribution in [0, 0.1) is 0 Å². The average molecular weight is 307 g/mol. The number of aliphatic imine (C=N–C) groups is 1. The fraction of sp³-hybridized carbons (Fsp3) is 0.429. The third kappa shape index (κ3) is 1.95. The van der Waals surface area contributed by atoms with Crippen LogP contribution in [0.1, 0.15) is 18.9 Å². The first-order valence-corrected chi connectivity index (χ1v) is 8.51. The van der Waals surface area contributed by atoms with Crippen molar-refractivity contribution in [2.45, 2.75) is 30.7 Å². The quantitative estimate of drug-likeness (QED) is 0.879. The fourth-order valence-electron chi connectivity index (χ4n) is 3.21. The van der Waals surface area contributed by atoms with Gasteiger partial charge in [-0.1, -0.05) is 30.3 Å². The number of sulfone groups is 1. The van der Waals surface area contributed by atoms with E-state index in [1.165, 1.54) is 4.90 Å². The Bertz CT molecular complexity index is 714. The second kappa shape index (κ2) is 4.56. The lowest BCUT2D eigenvalue weighted by Gasteiger charge is -2.37. The van der Waals surface area contributed by atoms with Gasteiger partial charge in [-0.15, -0.1) is 0 Å². The minimum Gasteiger partial charge on any atom is -0.385 e. The van der Waals surface area contributed by atoms with Gasteiger partial charge in [0, 0.05) is 6.54 Å². The van der Waals surface area contributed by atoms with Gasteiger partial charge in [-0.05, 0) is 18.9 Å². The summed E-state index contributed by atoms with van der Waals surface area (Å²) in [6, 6.07) is 8.97. The fourth-order valence-corrected chi connectivity index (χ4v) is 5.12. The van der Waals surface area contributed by atoms with Crippen molar-refractivity contribution in [3.63, 3.8) is 0 Å². The molecule has 0 saturated carbocycles. The molecule has 2 heterocycles. The van der Waals surface area contributed by atoms with Crippen molar-refractivity contribution in [1.82, 2.24) is 4.90 Å². The van der Waals surface area contributed by atoms with E-state index in [1.54, 1.807) is 6.92 Å². The van der Waals surface area contributed by atoms with Gasteiger partial charge < -0.3 is 10.6 Å². The molecule has 2 aliphatic rings. The first kappa shape index (κ1) is 14.1. The standard InChI is InChI=1S/C14H17N3O3S/c1-10-14(7-8-21(10,19)20)12(15)16-13(18)17(14)9-11-5-3-2-4-6-11/h2-6,10H,7-9H2,1H3,(H2,15,16,18). The minimum atomic E-state index is -3.25. The molecular formula is C14H17N3O3S. The number of hydrogen-bond donors (Lipinski definition) is 1. The van der Waals surface area contributed by atoms with Crippen molar-refractivity contribution < 1.29 is 13.2 Å². The number of carbonyl (C=O) groups is 1. The number of nitrogens with two attached hydrogens (primary N) is 1. The van der Waals surface area contributed by atoms with Gasteiger partial charge in [0.15, 0.2) is 9.84 Å². The molecule has 21 heavy (non-hydrogen) atoms. The molecule has 2 unspecified atom stereocenters. The molecule has 1 aromatic carbocycles. The number of hydrogen-bond acceptors (Lipinski definition) is 4. The summed E-state index contributed by atoms with van der Waals surface area (Å²) in [4.78, 5) is 17.5. The SMILES string of the molecule is CC1C2(CCS1(=O)=O)C(N)=NC(=O)N2Cc1ccccc1. The molecule has 6 nitrogen and oxygen atoms in total. The van der Waals surface area contributed by atoms with E-state index in [0.717, 1.165) is 5.56 Å². The molecule has 1 fully saturated rings. The molecule has 1 spiro atoms. The summed E-state index contributed by atoms with van der Waals surface area (Å²) < 4.78 is 24.2. The number of carbonyl (C=O) groups excluding carboxylic acids is 1. The zero-order valence-electron chi connectivity index (χ0n) is 11.7. The summed E-state index contributed by atoms with van der Waals surface area (Å²) >= 11 is 0. The second-order valence-corrected chi connectivity index (χ2v) is 7.98. The molecule has 2 N–H and O–H groups in total. The van der Waals surface area contributed by atoms with Crippen molar-refractivity contribution in [1.29, 1.82) is 0 Å². The van der Waals surface area contributed by atoms with Gasteiger partial charge in [0.05, 0.1) is 11.0 Å². The van der Waals surface area contributed by atoms with E-state index in [1.807, 2.05) is 30.3 Å². The predicted molar refractivity (Wildman–Crippen MR) is 79.6 cm³/mol. The summed E-state index contributed by atoms with van der Waals surface area (Å²) in [5.74, 6) is 0.153. The summed E-state index contributed by atoms with van der Waals surface area (Å²) in [7, 11) is -3.25. The Morgan fingerprint density at radius 3 is 2.62 bits per heavy atom. The third-order valence-corrected chi connectivity index (χ3v) is 6.78. The molecule has 0 aliphatic carbocycles. The summed E-state index contributed by atoms with van der Waals surface area (Å²) in [6.45, 7) is 1.92. The van der Waals surface area contributed by atoms with Gasteiger partial charge in [0.1, 0.15) is 11.4 Å². The third-order valence-electron chi connectivity index (χ3n) is 4.53. The lowest BCUT2D eigenvalue weighted by Crippen LogP contribution is -2.58. The number of benzene rings is 1. The second-order valence-electron chi connectivity index (χ2n) is 5.53. The topological polar surface area (TPSA) is 92.8 Å². The van der Waals surface area contributed by atoms with Crippen LogP contribution in [-0.4, -0.2) is 41.7 Å². The minimum absolute atomic E-state index is 0.0307. The number of amides is 2. The molecule has 1 saturated heterocycles. The number of amidine groups is 1. The highest BCUT2D eigenvalue weighted by atomic mass is 32.2. The van der Waals surface area contributed by atoms with Gasteiger partial charge in [0.2, 0.25) is 0 Å². The lowest BCUT2D eigenvalue weighted by atomic mass is 9.90. The summed E-state index contributed by atoms with van der Waals surface area (Å²) in [6.07, 6.45) is 0.310. The van der Waals surface area contributed by atoms with E-state index in [-0.39, 0.29) is 11.6 Å². The van der Waals surface area contributed by atoms with E-state index in [9.17, 15) is 13.2 Å². The monoisotopic (exact) mass is 307 g/mol. The number of rotatable bonds is 2. The van der Waals surface area contributed by atoms with Gasteiger partial charge in [-0.25, -0.2) is 13.2 Å². The van der Waals surface area contributed by atoms with Crippen LogP contribution in [0.25, 0.3) is 0 Å². The first-order valence-electron chi connectivity index (χ1n) is 6.79.